The minimum absolute atomic E-state index is 0.338. The van der Waals surface area contributed by atoms with Crippen LogP contribution in [0.3, 0.4) is 0 Å². The van der Waals surface area contributed by atoms with E-state index in [1.807, 2.05) is 6.92 Å². The summed E-state index contributed by atoms with van der Waals surface area (Å²) in [5.41, 5.74) is 1.75. The van der Waals surface area contributed by atoms with Gasteiger partial charge in [0.1, 0.15) is 12.4 Å². The summed E-state index contributed by atoms with van der Waals surface area (Å²) >= 11 is 0. The third-order valence-corrected chi connectivity index (χ3v) is 1.83. The molecule has 0 aromatic rings. The first kappa shape index (κ1) is 12.1. The van der Waals surface area contributed by atoms with Crippen LogP contribution in [0.1, 0.15) is 26.7 Å². The van der Waals surface area contributed by atoms with E-state index in [0.717, 1.165) is 23.9 Å². The standard InChI is InChI=1S/C10H16O3/c1-8(2)10(13-12)5-4-9(3)6-7-11/h6-7,10,12H,1,4-5H2,2-3H3/b9-6+. The van der Waals surface area contributed by atoms with Gasteiger partial charge in [0, 0.05) is 0 Å². The van der Waals surface area contributed by atoms with E-state index in [2.05, 4.69) is 11.5 Å². The molecule has 3 nitrogen and oxygen atoms in total. The van der Waals surface area contributed by atoms with E-state index in [-0.39, 0.29) is 6.10 Å². The highest BCUT2D eigenvalue weighted by Crippen LogP contribution is 2.13. The fraction of sp³-hybridized carbons (Fsp3) is 0.500. The number of aldehydes is 1. The van der Waals surface area contributed by atoms with Gasteiger partial charge >= 0.3 is 0 Å². The van der Waals surface area contributed by atoms with Crippen LogP contribution < -0.4 is 0 Å². The highest BCUT2D eigenvalue weighted by atomic mass is 17.1. The second-order valence-corrected chi connectivity index (χ2v) is 3.13. The van der Waals surface area contributed by atoms with Crippen molar-refractivity contribution in [2.24, 2.45) is 0 Å². The first-order chi connectivity index (χ1) is 6.11. The summed E-state index contributed by atoms with van der Waals surface area (Å²) in [5.74, 6) is 0. The predicted octanol–water partition coefficient (Wildman–Crippen LogP) is 2.35. The number of rotatable bonds is 6. The zero-order valence-electron chi connectivity index (χ0n) is 8.12. The van der Waals surface area contributed by atoms with E-state index in [9.17, 15) is 4.79 Å². The average Bonchev–Trinajstić information content (AvgIpc) is 2.05. The van der Waals surface area contributed by atoms with Crippen LogP contribution in [0.5, 0.6) is 0 Å². The molecule has 74 valence electrons. The Morgan fingerprint density at radius 3 is 2.62 bits per heavy atom. The van der Waals surface area contributed by atoms with Crippen LogP contribution in [0.15, 0.2) is 23.8 Å². The Bertz CT molecular complexity index is 206. The minimum atomic E-state index is -0.338. The van der Waals surface area contributed by atoms with Crippen LogP contribution in [0.2, 0.25) is 0 Å². The van der Waals surface area contributed by atoms with Gasteiger partial charge in [-0.1, -0.05) is 12.2 Å². The number of carbonyl (C=O) groups is 1. The molecule has 0 rings (SSSR count). The molecule has 0 radical (unpaired) electrons. The molecule has 0 spiro atoms. The van der Waals surface area contributed by atoms with E-state index in [1.165, 1.54) is 6.08 Å². The van der Waals surface area contributed by atoms with Crippen molar-refractivity contribution in [1.82, 2.24) is 0 Å². The SMILES string of the molecule is C=C(C)C(CC/C(C)=C/C=O)OO. The molecule has 0 aliphatic heterocycles. The normalized spacial score (nSPS) is 13.9. The molecule has 1 atom stereocenters. The second-order valence-electron chi connectivity index (χ2n) is 3.13. The van der Waals surface area contributed by atoms with Gasteiger partial charge in [0.25, 0.3) is 0 Å². The topological polar surface area (TPSA) is 46.5 Å². The molecule has 0 aromatic carbocycles. The van der Waals surface area contributed by atoms with Gasteiger partial charge in [0.15, 0.2) is 0 Å². The molecule has 0 bridgehead atoms. The van der Waals surface area contributed by atoms with E-state index in [1.54, 1.807) is 6.92 Å². The van der Waals surface area contributed by atoms with Crippen molar-refractivity contribution in [3.8, 4) is 0 Å². The lowest BCUT2D eigenvalue weighted by Gasteiger charge is -2.12. The van der Waals surface area contributed by atoms with Gasteiger partial charge in [-0.3, -0.25) is 10.1 Å². The molecule has 0 saturated heterocycles. The third kappa shape index (κ3) is 5.33. The number of hydrogen-bond acceptors (Lipinski definition) is 3. The molecule has 3 heteroatoms. The van der Waals surface area contributed by atoms with E-state index in [4.69, 9.17) is 5.26 Å². The third-order valence-electron chi connectivity index (χ3n) is 1.83. The lowest BCUT2D eigenvalue weighted by Crippen LogP contribution is -2.11. The Hall–Kier alpha value is -0.930. The van der Waals surface area contributed by atoms with Crippen molar-refractivity contribution in [3.05, 3.63) is 23.8 Å². The highest BCUT2D eigenvalue weighted by molar-refractivity contribution is 5.65. The lowest BCUT2D eigenvalue weighted by molar-refractivity contribution is -0.269. The second kappa shape index (κ2) is 6.57. The first-order valence-corrected chi connectivity index (χ1v) is 4.18. The zero-order chi connectivity index (χ0) is 10.3. The fourth-order valence-corrected chi connectivity index (χ4v) is 0.947. The van der Waals surface area contributed by atoms with Gasteiger partial charge in [-0.05, 0) is 38.3 Å². The maximum atomic E-state index is 10.1. The smallest absolute Gasteiger partial charge is 0.142 e. The maximum absolute atomic E-state index is 10.1. The zero-order valence-corrected chi connectivity index (χ0v) is 8.12. The first-order valence-electron chi connectivity index (χ1n) is 4.18. The Labute approximate surface area is 78.6 Å². The van der Waals surface area contributed by atoms with Crippen LogP contribution in [0.4, 0.5) is 0 Å². The Balaban J connectivity index is 3.91. The monoisotopic (exact) mass is 184 g/mol. The molecule has 0 heterocycles. The molecular formula is C10H16O3. The summed E-state index contributed by atoms with van der Waals surface area (Å²) in [6, 6.07) is 0. The predicted molar refractivity (Wildman–Crippen MR) is 51.4 cm³/mol. The van der Waals surface area contributed by atoms with Crippen LogP contribution in [-0.4, -0.2) is 17.6 Å². The van der Waals surface area contributed by atoms with E-state index in [0.29, 0.717) is 6.42 Å². The van der Waals surface area contributed by atoms with Crippen molar-refractivity contribution >= 4 is 6.29 Å². The molecule has 0 saturated carbocycles. The average molecular weight is 184 g/mol. The maximum Gasteiger partial charge on any atom is 0.142 e. The van der Waals surface area contributed by atoms with Gasteiger partial charge < -0.3 is 0 Å². The van der Waals surface area contributed by atoms with Gasteiger partial charge in [0.05, 0.1) is 0 Å². The molecule has 0 amide bonds. The van der Waals surface area contributed by atoms with E-state index < -0.39 is 0 Å². The molecule has 0 aliphatic rings. The minimum Gasteiger partial charge on any atom is -0.299 e. The number of allylic oxidation sites excluding steroid dienone is 2. The summed E-state index contributed by atoms with van der Waals surface area (Å²) in [7, 11) is 0. The fourth-order valence-electron chi connectivity index (χ4n) is 0.947. The highest BCUT2D eigenvalue weighted by Gasteiger charge is 2.08. The molecule has 1 N–H and O–H groups in total. The number of hydrogen-bond donors (Lipinski definition) is 1. The van der Waals surface area contributed by atoms with Gasteiger partial charge in [0.2, 0.25) is 0 Å². The van der Waals surface area contributed by atoms with Crippen LogP contribution >= 0.6 is 0 Å². The Morgan fingerprint density at radius 2 is 2.23 bits per heavy atom. The molecule has 0 fully saturated rings. The van der Waals surface area contributed by atoms with Crippen LogP contribution in [0, 0.1) is 0 Å². The molecular weight excluding hydrogens is 168 g/mol. The molecule has 0 aromatic heterocycles. The summed E-state index contributed by atoms with van der Waals surface area (Å²) in [6.45, 7) is 7.33. The van der Waals surface area contributed by atoms with Gasteiger partial charge in [-0.25, -0.2) is 4.89 Å². The summed E-state index contributed by atoms with van der Waals surface area (Å²) in [6.07, 6.45) is 3.28. The largest absolute Gasteiger partial charge is 0.299 e. The van der Waals surface area contributed by atoms with Crippen molar-refractivity contribution in [2.45, 2.75) is 32.8 Å². The number of carbonyl (C=O) groups excluding carboxylic acids is 1. The van der Waals surface area contributed by atoms with Gasteiger partial charge in [-0.15, -0.1) is 0 Å². The summed E-state index contributed by atoms with van der Waals surface area (Å²) in [4.78, 5) is 14.3. The quantitative estimate of drug-likeness (QED) is 0.226. The molecule has 0 aliphatic carbocycles. The molecule has 1 unspecified atom stereocenters. The van der Waals surface area contributed by atoms with Crippen molar-refractivity contribution < 1.29 is 14.9 Å². The van der Waals surface area contributed by atoms with E-state index >= 15 is 0 Å². The van der Waals surface area contributed by atoms with Crippen LogP contribution in [0.25, 0.3) is 0 Å². The molecule has 13 heavy (non-hydrogen) atoms. The van der Waals surface area contributed by atoms with Crippen molar-refractivity contribution in [3.63, 3.8) is 0 Å². The Morgan fingerprint density at radius 1 is 1.62 bits per heavy atom. The Kier molecular flexibility index (Phi) is 6.10. The van der Waals surface area contributed by atoms with Gasteiger partial charge in [-0.2, -0.15) is 0 Å². The van der Waals surface area contributed by atoms with Crippen molar-refractivity contribution in [2.75, 3.05) is 0 Å². The van der Waals surface area contributed by atoms with Crippen LogP contribution in [-0.2, 0) is 9.68 Å². The summed E-state index contributed by atoms with van der Waals surface area (Å²) < 4.78 is 0. The lowest BCUT2D eigenvalue weighted by atomic mass is 10.0. The van der Waals surface area contributed by atoms with Crippen molar-refractivity contribution in [1.29, 1.82) is 0 Å². The summed E-state index contributed by atoms with van der Waals surface area (Å²) in [5, 5.41) is 8.49.